The minimum atomic E-state index is -0.291. The molecule has 12 heteroatoms. The summed E-state index contributed by atoms with van der Waals surface area (Å²) in [7, 11) is 1.66. The van der Waals surface area contributed by atoms with Gasteiger partial charge in [0.25, 0.3) is 5.91 Å². The van der Waals surface area contributed by atoms with Gasteiger partial charge in [-0.15, -0.1) is 11.3 Å². The summed E-state index contributed by atoms with van der Waals surface area (Å²) in [6, 6.07) is 1.75. The van der Waals surface area contributed by atoms with Gasteiger partial charge >= 0.3 is 0 Å². The van der Waals surface area contributed by atoms with Crippen LogP contribution >= 0.6 is 11.3 Å². The molecule has 0 saturated carbocycles. The van der Waals surface area contributed by atoms with Crippen LogP contribution in [0.1, 0.15) is 49.7 Å². The van der Waals surface area contributed by atoms with E-state index in [1.807, 2.05) is 24.0 Å². The van der Waals surface area contributed by atoms with Crippen LogP contribution in [0.4, 0.5) is 11.4 Å². The number of likely N-dealkylation sites (tertiary alicyclic amines) is 1. The summed E-state index contributed by atoms with van der Waals surface area (Å²) in [6.45, 7) is 11.6. The Morgan fingerprint density at radius 3 is 2.73 bits per heavy atom. The standard InChI is InChI=1S/C28H36N8O3S/c1-18-23(11-21(13-29-18)32-25(37)10-19-6-7-34(15-19)28(2,3)4)33-26(38)22-14-31-36-17-24(40-27(22)36)20-12-30-35(16-20)8-9-39-5/h11-14,16-17,19H,6-10,15H2,1-5H3,(H,32,37)(H,33,38)/t19-/m1/s1. The second-order valence-corrected chi connectivity index (χ2v) is 12.3. The number of amides is 2. The molecule has 2 N–H and O–H groups in total. The molecule has 0 spiro atoms. The van der Waals surface area contributed by atoms with E-state index in [-0.39, 0.29) is 17.4 Å². The van der Waals surface area contributed by atoms with Gasteiger partial charge in [0.05, 0.1) is 59.3 Å². The third-order valence-corrected chi connectivity index (χ3v) is 8.37. The lowest BCUT2D eigenvalue weighted by atomic mass is 10.0. The van der Waals surface area contributed by atoms with Gasteiger partial charge in [0.1, 0.15) is 4.83 Å². The van der Waals surface area contributed by atoms with Gasteiger partial charge in [-0.1, -0.05) is 0 Å². The molecule has 0 radical (unpaired) electrons. The Balaban J connectivity index is 1.24. The summed E-state index contributed by atoms with van der Waals surface area (Å²) in [5.41, 5.74) is 3.27. The minimum absolute atomic E-state index is 0.0429. The van der Waals surface area contributed by atoms with Crippen molar-refractivity contribution in [2.45, 2.75) is 52.6 Å². The third kappa shape index (κ3) is 6.24. The second kappa shape index (κ2) is 11.5. The van der Waals surface area contributed by atoms with Crippen molar-refractivity contribution in [1.82, 2.24) is 29.3 Å². The van der Waals surface area contributed by atoms with Gasteiger partial charge in [-0.25, -0.2) is 4.52 Å². The summed E-state index contributed by atoms with van der Waals surface area (Å²) in [4.78, 5) is 34.6. The zero-order chi connectivity index (χ0) is 28.4. The van der Waals surface area contributed by atoms with Crippen molar-refractivity contribution < 1.29 is 14.3 Å². The first kappa shape index (κ1) is 27.9. The van der Waals surface area contributed by atoms with Gasteiger partial charge in [0.15, 0.2) is 0 Å². The van der Waals surface area contributed by atoms with Crippen LogP contribution in [0.5, 0.6) is 0 Å². The van der Waals surface area contributed by atoms with E-state index in [1.54, 1.807) is 36.3 Å². The molecule has 0 aliphatic carbocycles. The molecule has 1 atom stereocenters. The predicted molar refractivity (Wildman–Crippen MR) is 156 cm³/mol. The molecule has 0 bridgehead atoms. The van der Waals surface area contributed by atoms with Crippen molar-refractivity contribution in [2.75, 3.05) is 37.4 Å². The van der Waals surface area contributed by atoms with E-state index in [2.05, 4.69) is 51.5 Å². The van der Waals surface area contributed by atoms with Crippen LogP contribution in [0.3, 0.4) is 0 Å². The van der Waals surface area contributed by atoms with E-state index < -0.39 is 0 Å². The van der Waals surface area contributed by atoms with E-state index in [0.29, 0.717) is 48.1 Å². The number of aromatic nitrogens is 5. The van der Waals surface area contributed by atoms with Crippen molar-refractivity contribution in [3.05, 3.63) is 48.3 Å². The van der Waals surface area contributed by atoms with Crippen molar-refractivity contribution in [1.29, 1.82) is 0 Å². The maximum absolute atomic E-state index is 13.3. The quantitative estimate of drug-likeness (QED) is 0.311. The van der Waals surface area contributed by atoms with E-state index in [9.17, 15) is 9.59 Å². The Morgan fingerprint density at radius 1 is 1.15 bits per heavy atom. The second-order valence-electron chi connectivity index (χ2n) is 11.2. The van der Waals surface area contributed by atoms with Crippen LogP contribution in [0.15, 0.2) is 37.1 Å². The number of carbonyl (C=O) groups is 2. The molecule has 5 rings (SSSR count). The van der Waals surface area contributed by atoms with Crippen molar-refractivity contribution in [3.63, 3.8) is 0 Å². The Bertz CT molecular complexity index is 1520. The van der Waals surface area contributed by atoms with Crippen molar-refractivity contribution in [2.24, 2.45) is 5.92 Å². The summed E-state index contributed by atoms with van der Waals surface area (Å²) in [5, 5.41) is 14.7. The maximum Gasteiger partial charge on any atom is 0.260 e. The van der Waals surface area contributed by atoms with Crippen LogP contribution in [0.25, 0.3) is 15.3 Å². The van der Waals surface area contributed by atoms with Gasteiger partial charge in [0.2, 0.25) is 5.91 Å². The number of nitrogens with zero attached hydrogens (tertiary/aromatic N) is 6. The largest absolute Gasteiger partial charge is 0.383 e. The lowest BCUT2D eigenvalue weighted by Crippen LogP contribution is -2.39. The number of fused-ring (bicyclic) bond motifs is 1. The molecule has 1 saturated heterocycles. The lowest BCUT2D eigenvalue weighted by Gasteiger charge is -2.31. The highest BCUT2D eigenvalue weighted by Gasteiger charge is 2.31. The first-order valence-corrected chi connectivity index (χ1v) is 14.2. The molecule has 2 amide bonds. The average molecular weight is 565 g/mol. The number of carbonyl (C=O) groups excluding carboxylic acids is 2. The molecule has 1 aliphatic rings. The lowest BCUT2D eigenvalue weighted by molar-refractivity contribution is -0.117. The molecular weight excluding hydrogens is 528 g/mol. The number of nitrogens with one attached hydrogen (secondary N) is 2. The fourth-order valence-electron chi connectivity index (χ4n) is 4.87. The van der Waals surface area contributed by atoms with Gasteiger partial charge < -0.3 is 15.4 Å². The summed E-state index contributed by atoms with van der Waals surface area (Å²) in [5.74, 6) is -0.00331. The molecule has 0 aromatic carbocycles. The molecule has 40 heavy (non-hydrogen) atoms. The van der Waals surface area contributed by atoms with E-state index in [1.165, 1.54) is 11.3 Å². The van der Waals surface area contributed by atoms with Gasteiger partial charge in [-0.2, -0.15) is 10.2 Å². The zero-order valence-corrected chi connectivity index (χ0v) is 24.4. The van der Waals surface area contributed by atoms with Crippen LogP contribution in [0, 0.1) is 12.8 Å². The van der Waals surface area contributed by atoms with Crippen LogP contribution in [0.2, 0.25) is 0 Å². The smallest absolute Gasteiger partial charge is 0.260 e. The number of aryl methyl sites for hydroxylation is 1. The third-order valence-electron chi connectivity index (χ3n) is 7.21. The Labute approximate surface area is 237 Å². The molecule has 11 nitrogen and oxygen atoms in total. The SMILES string of the molecule is COCCn1cc(-c2cn3ncc(C(=O)Nc4cc(NC(=O)C[C@H]5CCN(C(C)(C)C)C5)cnc4C)c3s2)cn1. The molecular formula is C28H36N8O3S. The summed E-state index contributed by atoms with van der Waals surface area (Å²) < 4.78 is 8.64. The number of ether oxygens (including phenoxy) is 1. The van der Waals surface area contributed by atoms with Crippen molar-refractivity contribution in [3.8, 4) is 10.4 Å². The number of pyridine rings is 1. The highest BCUT2D eigenvalue weighted by atomic mass is 32.1. The minimum Gasteiger partial charge on any atom is -0.383 e. The first-order chi connectivity index (χ1) is 19.1. The van der Waals surface area contributed by atoms with E-state index >= 15 is 0 Å². The molecule has 4 aromatic rings. The number of hydrogen-bond donors (Lipinski definition) is 2. The average Bonchev–Trinajstić information content (AvgIpc) is 3.68. The normalized spacial score (nSPS) is 16.1. The number of methoxy groups -OCH3 is 1. The molecule has 0 unspecified atom stereocenters. The highest BCUT2D eigenvalue weighted by molar-refractivity contribution is 7.21. The fraction of sp³-hybridized carbons (Fsp3) is 0.464. The summed E-state index contributed by atoms with van der Waals surface area (Å²) in [6.07, 6.45) is 10.3. The molecule has 5 heterocycles. The monoisotopic (exact) mass is 564 g/mol. The topological polar surface area (TPSA) is 119 Å². The number of rotatable bonds is 9. The van der Waals surface area contributed by atoms with E-state index in [0.717, 1.165) is 34.8 Å². The fourth-order valence-corrected chi connectivity index (χ4v) is 5.91. The Hall–Kier alpha value is -3.61. The molecule has 212 valence electrons. The van der Waals surface area contributed by atoms with Crippen LogP contribution < -0.4 is 10.6 Å². The Kier molecular flexibility index (Phi) is 8.02. The van der Waals surface area contributed by atoms with E-state index in [4.69, 9.17) is 4.74 Å². The van der Waals surface area contributed by atoms with Crippen LogP contribution in [-0.2, 0) is 16.1 Å². The van der Waals surface area contributed by atoms with Crippen molar-refractivity contribution >= 4 is 39.4 Å². The molecule has 4 aromatic heterocycles. The van der Waals surface area contributed by atoms with Gasteiger partial charge in [-0.3, -0.25) is 24.2 Å². The first-order valence-electron chi connectivity index (χ1n) is 13.4. The predicted octanol–water partition coefficient (Wildman–Crippen LogP) is 4.31. The van der Waals surface area contributed by atoms with Crippen LogP contribution in [-0.4, -0.2) is 73.4 Å². The number of anilines is 2. The number of thiazole rings is 1. The van der Waals surface area contributed by atoms with Gasteiger partial charge in [0, 0.05) is 43.6 Å². The Morgan fingerprint density at radius 2 is 1.98 bits per heavy atom. The number of hydrogen-bond acceptors (Lipinski definition) is 8. The molecule has 1 fully saturated rings. The van der Waals surface area contributed by atoms with Gasteiger partial charge in [-0.05, 0) is 52.6 Å². The highest BCUT2D eigenvalue weighted by Crippen LogP contribution is 2.31. The maximum atomic E-state index is 13.3. The zero-order valence-electron chi connectivity index (χ0n) is 23.6. The summed E-state index contributed by atoms with van der Waals surface area (Å²) >= 11 is 1.47. The molecule has 1 aliphatic heterocycles.